The summed E-state index contributed by atoms with van der Waals surface area (Å²) in [4.78, 5) is 16.3. The van der Waals surface area contributed by atoms with Crippen LogP contribution in [0, 0.1) is 12.7 Å². The van der Waals surface area contributed by atoms with Crippen LogP contribution in [-0.4, -0.2) is 30.2 Å². The number of nitrogens with one attached hydrogen (secondary N) is 1. The van der Waals surface area contributed by atoms with Gasteiger partial charge in [0.15, 0.2) is 0 Å². The van der Waals surface area contributed by atoms with Crippen molar-refractivity contribution in [3.05, 3.63) is 53.5 Å². The predicted molar refractivity (Wildman–Crippen MR) is 83.2 cm³/mol. The molecule has 0 aliphatic carbocycles. The molecule has 1 fully saturated rings. The molecule has 0 saturated carbocycles. The molecule has 23 heavy (non-hydrogen) atoms. The number of anilines is 1. The summed E-state index contributed by atoms with van der Waals surface area (Å²) in [6.07, 6.45) is 2.28. The Bertz CT molecular complexity index is 697. The SMILES string of the molecule is Cc1ccc(NC(=O)c2ccc(O[C@H]3CCOC3)nc2)cc1F. The highest BCUT2D eigenvalue weighted by atomic mass is 19.1. The summed E-state index contributed by atoms with van der Waals surface area (Å²) in [6, 6.07) is 7.82. The summed E-state index contributed by atoms with van der Waals surface area (Å²) in [5.74, 6) is -0.251. The third kappa shape index (κ3) is 3.84. The van der Waals surface area contributed by atoms with Crippen molar-refractivity contribution in [2.24, 2.45) is 0 Å². The topological polar surface area (TPSA) is 60.5 Å². The molecule has 6 heteroatoms. The maximum Gasteiger partial charge on any atom is 0.257 e. The number of aromatic nitrogens is 1. The predicted octanol–water partition coefficient (Wildman–Crippen LogP) is 2.95. The number of amides is 1. The Morgan fingerprint density at radius 3 is 2.91 bits per heavy atom. The van der Waals surface area contributed by atoms with Crippen LogP contribution in [0.5, 0.6) is 5.88 Å². The van der Waals surface area contributed by atoms with E-state index in [1.165, 1.54) is 12.3 Å². The van der Waals surface area contributed by atoms with E-state index >= 15 is 0 Å². The molecule has 0 radical (unpaired) electrons. The van der Waals surface area contributed by atoms with Gasteiger partial charge in [0.05, 0.1) is 18.8 Å². The monoisotopic (exact) mass is 316 g/mol. The first-order valence-electron chi connectivity index (χ1n) is 7.40. The molecule has 0 unspecified atom stereocenters. The number of carbonyl (C=O) groups excluding carboxylic acids is 1. The third-order valence-corrected chi connectivity index (χ3v) is 3.60. The van der Waals surface area contributed by atoms with Crippen LogP contribution >= 0.6 is 0 Å². The Balaban J connectivity index is 1.63. The lowest BCUT2D eigenvalue weighted by Crippen LogP contribution is -2.17. The number of ether oxygens (including phenoxy) is 2. The van der Waals surface area contributed by atoms with E-state index in [2.05, 4.69) is 10.3 Å². The molecule has 2 heterocycles. The van der Waals surface area contributed by atoms with Crippen molar-refractivity contribution in [3.8, 4) is 5.88 Å². The van der Waals surface area contributed by atoms with Crippen molar-refractivity contribution in [1.82, 2.24) is 4.98 Å². The number of hydrogen-bond donors (Lipinski definition) is 1. The summed E-state index contributed by atoms with van der Waals surface area (Å²) in [5.41, 5.74) is 1.31. The van der Waals surface area contributed by atoms with E-state index in [0.29, 0.717) is 35.9 Å². The van der Waals surface area contributed by atoms with Crippen LogP contribution < -0.4 is 10.1 Å². The van der Waals surface area contributed by atoms with Gasteiger partial charge in [-0.2, -0.15) is 0 Å². The lowest BCUT2D eigenvalue weighted by molar-refractivity contribution is 0.102. The van der Waals surface area contributed by atoms with Gasteiger partial charge in [-0.15, -0.1) is 0 Å². The van der Waals surface area contributed by atoms with Gasteiger partial charge in [-0.05, 0) is 30.7 Å². The molecule has 0 bridgehead atoms. The summed E-state index contributed by atoms with van der Waals surface area (Å²) < 4.78 is 24.4. The van der Waals surface area contributed by atoms with Crippen LogP contribution in [0.15, 0.2) is 36.5 Å². The van der Waals surface area contributed by atoms with Crippen molar-refractivity contribution in [3.63, 3.8) is 0 Å². The zero-order valence-corrected chi connectivity index (χ0v) is 12.7. The maximum absolute atomic E-state index is 13.5. The van der Waals surface area contributed by atoms with Gasteiger partial charge >= 0.3 is 0 Å². The Labute approximate surface area is 133 Å². The fraction of sp³-hybridized carbons (Fsp3) is 0.294. The summed E-state index contributed by atoms with van der Waals surface area (Å²) in [5, 5.41) is 2.64. The van der Waals surface area contributed by atoms with Gasteiger partial charge in [-0.3, -0.25) is 4.79 Å². The summed E-state index contributed by atoms with van der Waals surface area (Å²) in [7, 11) is 0. The fourth-order valence-electron chi connectivity index (χ4n) is 2.23. The minimum atomic E-state index is -0.358. The Hall–Kier alpha value is -2.47. The maximum atomic E-state index is 13.5. The van der Waals surface area contributed by atoms with Crippen LogP contribution in [0.2, 0.25) is 0 Å². The third-order valence-electron chi connectivity index (χ3n) is 3.60. The van der Waals surface area contributed by atoms with Gasteiger partial charge in [0, 0.05) is 24.4 Å². The van der Waals surface area contributed by atoms with Crippen LogP contribution in [0.25, 0.3) is 0 Å². The number of carbonyl (C=O) groups is 1. The van der Waals surface area contributed by atoms with E-state index in [4.69, 9.17) is 9.47 Å². The Morgan fingerprint density at radius 2 is 2.26 bits per heavy atom. The largest absolute Gasteiger partial charge is 0.472 e. The van der Waals surface area contributed by atoms with Crippen LogP contribution in [0.1, 0.15) is 22.3 Å². The molecule has 1 aliphatic rings. The molecular formula is C17H17FN2O3. The van der Waals surface area contributed by atoms with Crippen molar-refractivity contribution in [1.29, 1.82) is 0 Å². The second-order valence-corrected chi connectivity index (χ2v) is 5.41. The number of rotatable bonds is 4. The molecule has 1 amide bonds. The molecular weight excluding hydrogens is 299 g/mol. The highest BCUT2D eigenvalue weighted by Crippen LogP contribution is 2.17. The number of benzene rings is 1. The first kappa shape index (κ1) is 15.4. The molecule has 1 N–H and O–H groups in total. The molecule has 3 rings (SSSR count). The van der Waals surface area contributed by atoms with E-state index in [9.17, 15) is 9.18 Å². The quantitative estimate of drug-likeness (QED) is 0.942. The standard InChI is InChI=1S/C17H17FN2O3/c1-11-2-4-13(8-15(11)18)20-17(21)12-3-5-16(19-9-12)23-14-6-7-22-10-14/h2-5,8-9,14H,6-7,10H2,1H3,(H,20,21)/t14-/m0/s1. The lowest BCUT2D eigenvalue weighted by atomic mass is 10.2. The van der Waals surface area contributed by atoms with Gasteiger partial charge in [0.25, 0.3) is 5.91 Å². The van der Waals surface area contributed by atoms with E-state index < -0.39 is 0 Å². The normalized spacial score (nSPS) is 17.0. The average molecular weight is 316 g/mol. The van der Waals surface area contributed by atoms with Gasteiger partial charge in [-0.25, -0.2) is 9.37 Å². The van der Waals surface area contributed by atoms with Crippen LogP contribution in [-0.2, 0) is 4.74 Å². The Kier molecular flexibility index (Phi) is 4.52. The highest BCUT2D eigenvalue weighted by molar-refractivity contribution is 6.04. The molecule has 120 valence electrons. The number of nitrogens with zero attached hydrogens (tertiary/aromatic N) is 1. The van der Waals surface area contributed by atoms with E-state index in [1.807, 2.05) is 0 Å². The first-order valence-corrected chi connectivity index (χ1v) is 7.40. The number of aryl methyl sites for hydroxylation is 1. The molecule has 1 saturated heterocycles. The molecule has 1 atom stereocenters. The zero-order valence-electron chi connectivity index (χ0n) is 12.7. The molecule has 5 nitrogen and oxygen atoms in total. The highest BCUT2D eigenvalue weighted by Gasteiger charge is 2.18. The van der Waals surface area contributed by atoms with E-state index in [1.54, 1.807) is 31.2 Å². The van der Waals surface area contributed by atoms with E-state index in [0.717, 1.165) is 6.42 Å². The van der Waals surface area contributed by atoms with Gasteiger partial charge in [0.2, 0.25) is 5.88 Å². The second-order valence-electron chi connectivity index (χ2n) is 5.41. The van der Waals surface area contributed by atoms with Gasteiger partial charge in [-0.1, -0.05) is 6.07 Å². The second kappa shape index (κ2) is 6.75. The van der Waals surface area contributed by atoms with Crippen LogP contribution in [0.3, 0.4) is 0 Å². The molecule has 2 aromatic rings. The van der Waals surface area contributed by atoms with Crippen LogP contribution in [0.4, 0.5) is 10.1 Å². The number of pyridine rings is 1. The number of hydrogen-bond acceptors (Lipinski definition) is 4. The molecule has 1 aromatic carbocycles. The summed E-state index contributed by atoms with van der Waals surface area (Å²) in [6.45, 7) is 2.92. The minimum absolute atomic E-state index is 0.0118. The minimum Gasteiger partial charge on any atom is -0.472 e. The molecule has 1 aromatic heterocycles. The number of halogens is 1. The van der Waals surface area contributed by atoms with Crippen molar-refractivity contribution in [2.75, 3.05) is 18.5 Å². The van der Waals surface area contributed by atoms with Gasteiger partial charge in [0.1, 0.15) is 11.9 Å². The lowest BCUT2D eigenvalue weighted by Gasteiger charge is -2.11. The zero-order chi connectivity index (χ0) is 16.2. The van der Waals surface area contributed by atoms with E-state index in [-0.39, 0.29) is 17.8 Å². The van der Waals surface area contributed by atoms with Crippen molar-refractivity contribution >= 4 is 11.6 Å². The van der Waals surface area contributed by atoms with Crippen molar-refractivity contribution in [2.45, 2.75) is 19.4 Å². The van der Waals surface area contributed by atoms with Gasteiger partial charge < -0.3 is 14.8 Å². The smallest absolute Gasteiger partial charge is 0.257 e. The first-order chi connectivity index (χ1) is 11.1. The molecule has 1 aliphatic heterocycles. The molecule has 0 spiro atoms. The fourth-order valence-corrected chi connectivity index (χ4v) is 2.23. The average Bonchev–Trinajstić information content (AvgIpc) is 3.04. The summed E-state index contributed by atoms with van der Waals surface area (Å²) >= 11 is 0. The Morgan fingerprint density at radius 1 is 1.39 bits per heavy atom. The van der Waals surface area contributed by atoms with Crippen molar-refractivity contribution < 1.29 is 18.7 Å².